The largest absolute Gasteiger partial charge is 0.385 e. The molecule has 0 amide bonds. The van der Waals surface area contributed by atoms with E-state index >= 15 is 0 Å². The van der Waals surface area contributed by atoms with Crippen LogP contribution in [0.5, 0.6) is 0 Å². The second-order valence-electron chi connectivity index (χ2n) is 5.77. The highest BCUT2D eigenvalue weighted by molar-refractivity contribution is 5.40. The molecule has 3 heteroatoms. The van der Waals surface area contributed by atoms with Gasteiger partial charge in [0.2, 0.25) is 0 Å². The molecule has 0 spiro atoms. The van der Waals surface area contributed by atoms with Crippen LogP contribution in [0, 0.1) is 13.8 Å². The highest BCUT2D eigenvalue weighted by atomic mass is 16.3. The van der Waals surface area contributed by atoms with Gasteiger partial charge in [0, 0.05) is 19.2 Å². The Kier molecular flexibility index (Phi) is 2.75. The predicted octanol–water partition coefficient (Wildman–Crippen LogP) is 2.41. The van der Waals surface area contributed by atoms with E-state index in [1.165, 1.54) is 11.1 Å². The molecule has 3 nitrogen and oxygen atoms in total. The molecule has 0 fully saturated rings. The number of aliphatic hydroxyl groups is 1. The number of fused-ring (bicyclic) bond motifs is 1. The standard InChI is InChI=1S/C16H20N2O/c1-11-4-5-13-6-7-16(19,15(13)8-11)10-14-9-12(2)17-18(14)3/h4-5,8-9,19H,6-7,10H2,1-3H3. The molecule has 2 aromatic rings. The van der Waals surface area contributed by atoms with Gasteiger partial charge in [-0.3, -0.25) is 4.68 Å². The molecule has 1 N–H and O–H groups in total. The van der Waals surface area contributed by atoms with Crippen molar-refractivity contribution in [2.75, 3.05) is 0 Å². The molecule has 1 aliphatic carbocycles. The van der Waals surface area contributed by atoms with Crippen LogP contribution in [-0.2, 0) is 25.5 Å². The lowest BCUT2D eigenvalue weighted by atomic mass is 9.90. The minimum Gasteiger partial charge on any atom is -0.385 e. The normalized spacial score (nSPS) is 21.7. The molecule has 1 aromatic carbocycles. The fourth-order valence-electron chi connectivity index (χ4n) is 3.13. The maximum absolute atomic E-state index is 11.0. The highest BCUT2D eigenvalue weighted by Gasteiger charge is 2.37. The van der Waals surface area contributed by atoms with Gasteiger partial charge in [0.15, 0.2) is 0 Å². The summed E-state index contributed by atoms with van der Waals surface area (Å²) in [5, 5.41) is 15.4. The Balaban J connectivity index is 1.98. The van der Waals surface area contributed by atoms with Crippen LogP contribution in [0.3, 0.4) is 0 Å². The first kappa shape index (κ1) is 12.4. The SMILES string of the molecule is Cc1ccc2c(c1)C(O)(Cc1cc(C)nn1C)CC2. The van der Waals surface area contributed by atoms with Crippen molar-refractivity contribution in [2.24, 2.45) is 7.05 Å². The van der Waals surface area contributed by atoms with Crippen molar-refractivity contribution in [1.82, 2.24) is 9.78 Å². The van der Waals surface area contributed by atoms with Crippen LogP contribution in [0.2, 0.25) is 0 Å². The van der Waals surface area contributed by atoms with Crippen molar-refractivity contribution in [3.63, 3.8) is 0 Å². The Hall–Kier alpha value is -1.61. The second-order valence-corrected chi connectivity index (χ2v) is 5.77. The molecule has 0 bridgehead atoms. The maximum atomic E-state index is 11.0. The van der Waals surface area contributed by atoms with Gasteiger partial charge in [-0.25, -0.2) is 0 Å². The zero-order valence-electron chi connectivity index (χ0n) is 11.8. The topological polar surface area (TPSA) is 38.1 Å². The molecule has 0 saturated heterocycles. The Labute approximate surface area is 113 Å². The minimum absolute atomic E-state index is 0.640. The van der Waals surface area contributed by atoms with Gasteiger partial charge in [-0.05, 0) is 43.9 Å². The summed E-state index contributed by atoms with van der Waals surface area (Å²) in [7, 11) is 1.94. The molecule has 1 aliphatic rings. The Morgan fingerprint density at radius 2 is 2.11 bits per heavy atom. The first-order chi connectivity index (χ1) is 8.98. The molecular weight excluding hydrogens is 236 g/mol. The van der Waals surface area contributed by atoms with Crippen molar-refractivity contribution in [3.05, 3.63) is 52.3 Å². The van der Waals surface area contributed by atoms with E-state index in [1.54, 1.807) is 0 Å². The molecule has 1 unspecified atom stereocenters. The number of hydrogen-bond donors (Lipinski definition) is 1. The summed E-state index contributed by atoms with van der Waals surface area (Å²) in [6.07, 6.45) is 2.40. The monoisotopic (exact) mass is 256 g/mol. The highest BCUT2D eigenvalue weighted by Crippen LogP contribution is 2.39. The number of rotatable bonds is 2. The molecule has 19 heavy (non-hydrogen) atoms. The maximum Gasteiger partial charge on any atom is 0.0957 e. The van der Waals surface area contributed by atoms with E-state index in [2.05, 4.69) is 36.3 Å². The van der Waals surface area contributed by atoms with Gasteiger partial charge < -0.3 is 5.11 Å². The number of benzene rings is 1. The Morgan fingerprint density at radius 1 is 1.32 bits per heavy atom. The summed E-state index contributed by atoms with van der Waals surface area (Å²) in [6, 6.07) is 8.47. The Bertz CT molecular complexity index is 630. The first-order valence-electron chi connectivity index (χ1n) is 6.80. The summed E-state index contributed by atoms with van der Waals surface area (Å²) in [5.41, 5.74) is 4.96. The van der Waals surface area contributed by atoms with Crippen molar-refractivity contribution < 1.29 is 5.11 Å². The average Bonchev–Trinajstić information content (AvgIpc) is 2.82. The lowest BCUT2D eigenvalue weighted by Crippen LogP contribution is -2.26. The van der Waals surface area contributed by atoms with E-state index in [4.69, 9.17) is 0 Å². The van der Waals surface area contributed by atoms with Crippen LogP contribution in [0.25, 0.3) is 0 Å². The fraction of sp³-hybridized carbons (Fsp3) is 0.438. The van der Waals surface area contributed by atoms with Gasteiger partial charge >= 0.3 is 0 Å². The van der Waals surface area contributed by atoms with Gasteiger partial charge in [-0.1, -0.05) is 23.8 Å². The Morgan fingerprint density at radius 3 is 2.79 bits per heavy atom. The van der Waals surface area contributed by atoms with Gasteiger partial charge in [0.1, 0.15) is 0 Å². The zero-order valence-corrected chi connectivity index (χ0v) is 11.8. The minimum atomic E-state index is -0.735. The van der Waals surface area contributed by atoms with E-state index in [9.17, 15) is 5.11 Å². The van der Waals surface area contributed by atoms with E-state index in [0.29, 0.717) is 6.42 Å². The van der Waals surface area contributed by atoms with Crippen LogP contribution in [0.15, 0.2) is 24.3 Å². The predicted molar refractivity (Wildman–Crippen MR) is 75.0 cm³/mol. The molecule has 0 radical (unpaired) electrons. The fourth-order valence-corrected chi connectivity index (χ4v) is 3.13. The van der Waals surface area contributed by atoms with Crippen molar-refractivity contribution in [2.45, 2.75) is 38.7 Å². The third-order valence-electron chi connectivity index (χ3n) is 4.15. The number of nitrogens with zero attached hydrogens (tertiary/aromatic N) is 2. The summed E-state index contributed by atoms with van der Waals surface area (Å²) >= 11 is 0. The zero-order chi connectivity index (χ0) is 13.6. The van der Waals surface area contributed by atoms with Crippen molar-refractivity contribution in [1.29, 1.82) is 0 Å². The molecule has 0 saturated carbocycles. The summed E-state index contributed by atoms with van der Waals surface area (Å²) < 4.78 is 1.88. The van der Waals surface area contributed by atoms with Crippen LogP contribution in [0.1, 0.15) is 34.5 Å². The summed E-state index contributed by atoms with van der Waals surface area (Å²) in [6.45, 7) is 4.06. The summed E-state index contributed by atoms with van der Waals surface area (Å²) in [5.74, 6) is 0. The molecule has 1 atom stereocenters. The van der Waals surface area contributed by atoms with E-state index < -0.39 is 5.60 Å². The molecule has 1 heterocycles. The van der Waals surface area contributed by atoms with Gasteiger partial charge in [0.25, 0.3) is 0 Å². The lowest BCUT2D eigenvalue weighted by molar-refractivity contribution is 0.0370. The molecule has 100 valence electrons. The van der Waals surface area contributed by atoms with E-state index in [0.717, 1.165) is 29.8 Å². The summed E-state index contributed by atoms with van der Waals surface area (Å²) in [4.78, 5) is 0. The average molecular weight is 256 g/mol. The smallest absolute Gasteiger partial charge is 0.0957 e. The van der Waals surface area contributed by atoms with Gasteiger partial charge in [-0.2, -0.15) is 5.10 Å². The van der Waals surface area contributed by atoms with Crippen LogP contribution >= 0.6 is 0 Å². The van der Waals surface area contributed by atoms with E-state index in [1.807, 2.05) is 18.7 Å². The van der Waals surface area contributed by atoms with Gasteiger partial charge in [0.05, 0.1) is 11.3 Å². The van der Waals surface area contributed by atoms with Crippen LogP contribution < -0.4 is 0 Å². The number of hydrogen-bond acceptors (Lipinski definition) is 2. The molecule has 0 aliphatic heterocycles. The third kappa shape index (κ3) is 2.08. The molecule has 3 rings (SSSR count). The van der Waals surface area contributed by atoms with Gasteiger partial charge in [-0.15, -0.1) is 0 Å². The molecule has 1 aromatic heterocycles. The number of aromatic nitrogens is 2. The lowest BCUT2D eigenvalue weighted by Gasteiger charge is -2.24. The second kappa shape index (κ2) is 4.20. The number of aryl methyl sites for hydroxylation is 4. The first-order valence-corrected chi connectivity index (χ1v) is 6.80. The van der Waals surface area contributed by atoms with Crippen LogP contribution in [-0.4, -0.2) is 14.9 Å². The van der Waals surface area contributed by atoms with Crippen molar-refractivity contribution >= 4 is 0 Å². The molecular formula is C16H20N2O. The third-order valence-corrected chi connectivity index (χ3v) is 4.15. The van der Waals surface area contributed by atoms with E-state index in [-0.39, 0.29) is 0 Å². The van der Waals surface area contributed by atoms with Crippen LogP contribution in [0.4, 0.5) is 0 Å². The quantitative estimate of drug-likeness (QED) is 0.896. The van der Waals surface area contributed by atoms with Crippen molar-refractivity contribution in [3.8, 4) is 0 Å².